The molecule has 1 aliphatic heterocycles. The number of nitrogens with zero attached hydrogens (tertiary/aromatic N) is 3. The van der Waals surface area contributed by atoms with E-state index < -0.39 is 0 Å². The first-order valence-corrected chi connectivity index (χ1v) is 6.52. The lowest BCUT2D eigenvalue weighted by molar-refractivity contribution is 0.0845. The van der Waals surface area contributed by atoms with Crippen molar-refractivity contribution >= 4 is 33.9 Å². The van der Waals surface area contributed by atoms with Crippen molar-refractivity contribution in [1.82, 2.24) is 9.97 Å². The van der Waals surface area contributed by atoms with Crippen LogP contribution in [-0.4, -0.2) is 40.8 Å². The van der Waals surface area contributed by atoms with Gasteiger partial charge in [0, 0.05) is 11.9 Å². The van der Waals surface area contributed by atoms with E-state index >= 15 is 0 Å². The third kappa shape index (κ3) is 2.36. The molecule has 98 valence electrons. The van der Waals surface area contributed by atoms with Crippen molar-refractivity contribution in [2.75, 3.05) is 24.6 Å². The van der Waals surface area contributed by atoms with Crippen molar-refractivity contribution in [3.63, 3.8) is 0 Å². The molecule has 0 amide bonds. The first-order chi connectivity index (χ1) is 9.25. The van der Waals surface area contributed by atoms with Crippen LogP contribution in [0.25, 0.3) is 10.9 Å². The SMILES string of the molecule is NC(=S)C1CN(c2ncnc3ccccc23)CCO1. The van der Waals surface area contributed by atoms with Crippen LogP contribution < -0.4 is 10.6 Å². The molecule has 6 heteroatoms. The number of fused-ring (bicyclic) bond motifs is 1. The first-order valence-electron chi connectivity index (χ1n) is 6.11. The van der Waals surface area contributed by atoms with E-state index in [4.69, 9.17) is 22.7 Å². The van der Waals surface area contributed by atoms with Gasteiger partial charge in [-0.15, -0.1) is 0 Å². The molecule has 0 bridgehead atoms. The van der Waals surface area contributed by atoms with E-state index in [1.165, 1.54) is 0 Å². The molecular formula is C13H14N4OS. The normalized spacial score (nSPS) is 19.6. The van der Waals surface area contributed by atoms with Crippen molar-refractivity contribution in [2.24, 2.45) is 5.73 Å². The summed E-state index contributed by atoms with van der Waals surface area (Å²) >= 11 is 5.01. The minimum atomic E-state index is -0.211. The van der Waals surface area contributed by atoms with E-state index in [2.05, 4.69) is 14.9 Å². The summed E-state index contributed by atoms with van der Waals surface area (Å²) in [4.78, 5) is 11.2. The monoisotopic (exact) mass is 274 g/mol. The molecule has 0 saturated carbocycles. The maximum atomic E-state index is 5.67. The molecule has 2 aromatic rings. The summed E-state index contributed by atoms with van der Waals surface area (Å²) in [6.07, 6.45) is 1.38. The van der Waals surface area contributed by atoms with Gasteiger partial charge in [-0.25, -0.2) is 9.97 Å². The Labute approximate surface area is 116 Å². The molecule has 3 rings (SSSR count). The minimum absolute atomic E-state index is 0.211. The molecule has 2 N–H and O–H groups in total. The Hall–Kier alpha value is -1.79. The van der Waals surface area contributed by atoms with E-state index in [9.17, 15) is 0 Å². The number of ether oxygens (including phenoxy) is 1. The highest BCUT2D eigenvalue weighted by molar-refractivity contribution is 7.80. The van der Waals surface area contributed by atoms with Crippen LogP contribution in [0.1, 0.15) is 0 Å². The van der Waals surface area contributed by atoms with Crippen LogP contribution in [0.5, 0.6) is 0 Å². The van der Waals surface area contributed by atoms with Crippen LogP contribution in [-0.2, 0) is 4.74 Å². The van der Waals surface area contributed by atoms with Gasteiger partial charge in [0.2, 0.25) is 0 Å². The van der Waals surface area contributed by atoms with Gasteiger partial charge in [-0.2, -0.15) is 0 Å². The Morgan fingerprint density at radius 2 is 2.21 bits per heavy atom. The van der Waals surface area contributed by atoms with E-state index in [1.54, 1.807) is 6.33 Å². The number of benzene rings is 1. The molecule has 1 aromatic carbocycles. The Morgan fingerprint density at radius 3 is 3.05 bits per heavy atom. The van der Waals surface area contributed by atoms with Gasteiger partial charge in [0.1, 0.15) is 23.2 Å². The van der Waals surface area contributed by atoms with E-state index in [0.717, 1.165) is 23.3 Å². The fourth-order valence-electron chi connectivity index (χ4n) is 2.26. The third-order valence-electron chi connectivity index (χ3n) is 3.21. The summed E-state index contributed by atoms with van der Waals surface area (Å²) in [6.45, 7) is 2.01. The molecule has 1 saturated heterocycles. The summed E-state index contributed by atoms with van der Waals surface area (Å²) in [7, 11) is 0. The molecule has 2 heterocycles. The second-order valence-electron chi connectivity index (χ2n) is 4.42. The number of para-hydroxylation sites is 1. The average Bonchev–Trinajstić information content (AvgIpc) is 2.47. The molecular weight excluding hydrogens is 260 g/mol. The lowest BCUT2D eigenvalue weighted by Gasteiger charge is -2.33. The van der Waals surface area contributed by atoms with Gasteiger partial charge in [0.05, 0.1) is 18.7 Å². The smallest absolute Gasteiger partial charge is 0.140 e. The number of hydrogen-bond donors (Lipinski definition) is 1. The first kappa shape index (κ1) is 12.3. The van der Waals surface area contributed by atoms with Crippen molar-refractivity contribution in [2.45, 2.75) is 6.10 Å². The van der Waals surface area contributed by atoms with Crippen LogP contribution in [0.3, 0.4) is 0 Å². The molecule has 1 unspecified atom stereocenters. The predicted molar refractivity (Wildman–Crippen MR) is 78.3 cm³/mol. The topological polar surface area (TPSA) is 64.3 Å². The number of hydrogen-bond acceptors (Lipinski definition) is 5. The van der Waals surface area contributed by atoms with E-state index in [-0.39, 0.29) is 6.10 Å². The van der Waals surface area contributed by atoms with Crippen molar-refractivity contribution in [3.05, 3.63) is 30.6 Å². The average molecular weight is 274 g/mol. The lowest BCUT2D eigenvalue weighted by Crippen LogP contribution is -2.48. The number of morpholine rings is 1. The van der Waals surface area contributed by atoms with E-state index in [0.29, 0.717) is 18.1 Å². The van der Waals surface area contributed by atoms with Gasteiger partial charge >= 0.3 is 0 Å². The van der Waals surface area contributed by atoms with Gasteiger partial charge in [-0.3, -0.25) is 0 Å². The van der Waals surface area contributed by atoms with Crippen LogP contribution in [0.15, 0.2) is 30.6 Å². The molecule has 19 heavy (non-hydrogen) atoms. The second-order valence-corrected chi connectivity index (χ2v) is 4.89. The Morgan fingerprint density at radius 1 is 1.37 bits per heavy atom. The summed E-state index contributed by atoms with van der Waals surface area (Å²) in [5.41, 5.74) is 6.60. The molecule has 0 aliphatic carbocycles. The lowest BCUT2D eigenvalue weighted by atomic mass is 10.2. The molecule has 1 fully saturated rings. The minimum Gasteiger partial charge on any atom is -0.391 e. The predicted octanol–water partition coefficient (Wildman–Crippen LogP) is 1.12. The fraction of sp³-hybridized carbons (Fsp3) is 0.308. The third-order valence-corrected chi connectivity index (χ3v) is 3.47. The molecule has 1 aromatic heterocycles. The quantitative estimate of drug-likeness (QED) is 0.828. The molecule has 0 spiro atoms. The maximum Gasteiger partial charge on any atom is 0.140 e. The van der Waals surface area contributed by atoms with Crippen LogP contribution in [0, 0.1) is 0 Å². The number of nitrogens with two attached hydrogens (primary N) is 1. The van der Waals surface area contributed by atoms with Crippen molar-refractivity contribution in [1.29, 1.82) is 0 Å². The highest BCUT2D eigenvalue weighted by atomic mass is 32.1. The van der Waals surface area contributed by atoms with E-state index in [1.807, 2.05) is 24.3 Å². The van der Waals surface area contributed by atoms with Crippen LogP contribution in [0.4, 0.5) is 5.82 Å². The van der Waals surface area contributed by atoms with Gasteiger partial charge in [-0.1, -0.05) is 24.4 Å². The second kappa shape index (κ2) is 5.07. The zero-order valence-electron chi connectivity index (χ0n) is 10.3. The summed E-state index contributed by atoms with van der Waals surface area (Å²) in [5, 5.41) is 1.04. The van der Waals surface area contributed by atoms with Crippen molar-refractivity contribution in [3.8, 4) is 0 Å². The highest BCUT2D eigenvalue weighted by Gasteiger charge is 2.24. The fourth-order valence-corrected chi connectivity index (χ4v) is 2.40. The largest absolute Gasteiger partial charge is 0.391 e. The summed E-state index contributed by atoms with van der Waals surface area (Å²) < 4.78 is 5.55. The Balaban J connectivity index is 1.97. The molecule has 1 aliphatic rings. The Kier molecular flexibility index (Phi) is 3.27. The molecule has 1 atom stereocenters. The number of anilines is 1. The summed E-state index contributed by atoms with van der Waals surface area (Å²) in [5.74, 6) is 0.912. The zero-order chi connectivity index (χ0) is 13.2. The Bertz CT molecular complexity index is 613. The summed E-state index contributed by atoms with van der Waals surface area (Å²) in [6, 6.07) is 7.96. The number of aromatic nitrogens is 2. The molecule has 5 nitrogen and oxygen atoms in total. The van der Waals surface area contributed by atoms with Gasteiger partial charge < -0.3 is 15.4 Å². The van der Waals surface area contributed by atoms with Crippen LogP contribution >= 0.6 is 12.2 Å². The maximum absolute atomic E-state index is 5.67. The standard InChI is InChI=1S/C13H14N4OS/c14-12(19)11-7-17(5-6-18-11)13-9-3-1-2-4-10(9)15-8-16-13/h1-4,8,11H,5-7H2,(H2,14,19). The van der Waals surface area contributed by atoms with Gasteiger partial charge in [-0.05, 0) is 12.1 Å². The van der Waals surface area contributed by atoms with Gasteiger partial charge in [0.15, 0.2) is 0 Å². The number of rotatable bonds is 2. The van der Waals surface area contributed by atoms with Crippen molar-refractivity contribution < 1.29 is 4.74 Å². The highest BCUT2D eigenvalue weighted by Crippen LogP contribution is 2.24. The van der Waals surface area contributed by atoms with Gasteiger partial charge in [0.25, 0.3) is 0 Å². The zero-order valence-corrected chi connectivity index (χ0v) is 11.1. The number of thiocarbonyl (C=S) groups is 1. The molecule has 0 radical (unpaired) electrons. The van der Waals surface area contributed by atoms with Crippen LogP contribution in [0.2, 0.25) is 0 Å².